The Balaban J connectivity index is 2.21. The fourth-order valence-corrected chi connectivity index (χ4v) is 2.52. The highest BCUT2D eigenvalue weighted by molar-refractivity contribution is 6.33. The van der Waals surface area contributed by atoms with Gasteiger partial charge < -0.3 is 9.88 Å². The molecule has 0 amide bonds. The fourth-order valence-electron chi connectivity index (χ4n) is 2.13. The van der Waals surface area contributed by atoms with Gasteiger partial charge in [-0.3, -0.25) is 0 Å². The van der Waals surface area contributed by atoms with E-state index in [1.807, 2.05) is 42.3 Å². The molecule has 1 aromatic carbocycles. The van der Waals surface area contributed by atoms with Crippen LogP contribution in [0.1, 0.15) is 30.6 Å². The van der Waals surface area contributed by atoms with Crippen LogP contribution in [0.4, 0.5) is 0 Å². The van der Waals surface area contributed by atoms with Crippen molar-refractivity contribution < 1.29 is 0 Å². The summed E-state index contributed by atoms with van der Waals surface area (Å²) in [7, 11) is 1.97. The molecule has 0 saturated carbocycles. The Hall–Kier alpha value is -1.03. The summed E-state index contributed by atoms with van der Waals surface area (Å²) >= 11 is 12.3. The minimum absolute atomic E-state index is 0.145. The van der Waals surface area contributed by atoms with Crippen LogP contribution in [0.25, 0.3) is 0 Å². The molecule has 0 aliphatic heterocycles. The number of nitrogens with one attached hydrogen (secondary N) is 1. The molecule has 108 valence electrons. The third-order valence-electron chi connectivity index (χ3n) is 3.15. The fraction of sp³-hybridized carbons (Fsp3) is 0.400. The summed E-state index contributed by atoms with van der Waals surface area (Å²) in [5.74, 6) is 0. The maximum absolute atomic E-state index is 6.25. The zero-order chi connectivity index (χ0) is 14.5. The second-order valence-electron chi connectivity index (χ2n) is 4.91. The molecule has 2 rings (SSSR count). The van der Waals surface area contributed by atoms with Crippen LogP contribution in [0.5, 0.6) is 0 Å². The van der Waals surface area contributed by atoms with Crippen molar-refractivity contribution in [2.45, 2.75) is 25.8 Å². The summed E-state index contributed by atoms with van der Waals surface area (Å²) in [6.45, 7) is 3.09. The van der Waals surface area contributed by atoms with Crippen molar-refractivity contribution >= 4 is 23.2 Å². The Labute approximate surface area is 129 Å². The second kappa shape index (κ2) is 7.11. The first-order valence-electron chi connectivity index (χ1n) is 6.75. The van der Waals surface area contributed by atoms with Gasteiger partial charge in [0.05, 0.1) is 18.1 Å². The van der Waals surface area contributed by atoms with Crippen molar-refractivity contribution in [3.63, 3.8) is 0 Å². The van der Waals surface area contributed by atoms with Crippen LogP contribution in [0.15, 0.2) is 30.7 Å². The number of hydrogen-bond acceptors (Lipinski definition) is 2. The number of nitrogens with zero attached hydrogens (tertiary/aromatic N) is 2. The monoisotopic (exact) mass is 311 g/mol. The van der Waals surface area contributed by atoms with Crippen LogP contribution in [-0.4, -0.2) is 16.1 Å². The molecule has 0 aliphatic carbocycles. The van der Waals surface area contributed by atoms with E-state index in [0.717, 1.165) is 35.7 Å². The molecule has 2 aromatic rings. The Bertz CT molecular complexity index is 566. The standard InChI is InChI=1S/C15H19Cl2N3/c1-3-6-18-14(15-9-20(2)10-19-15)8-11-7-12(16)4-5-13(11)17/h4-5,7,9-10,14,18H,3,6,8H2,1-2H3. The predicted octanol–water partition coefficient (Wildman–Crippen LogP) is 4.01. The van der Waals surface area contributed by atoms with E-state index in [-0.39, 0.29) is 6.04 Å². The minimum atomic E-state index is 0.145. The van der Waals surface area contributed by atoms with E-state index in [1.165, 1.54) is 0 Å². The lowest BCUT2D eigenvalue weighted by Gasteiger charge is -2.17. The van der Waals surface area contributed by atoms with E-state index in [2.05, 4.69) is 17.2 Å². The van der Waals surface area contributed by atoms with Crippen molar-refractivity contribution in [2.24, 2.45) is 7.05 Å². The van der Waals surface area contributed by atoms with E-state index in [4.69, 9.17) is 23.2 Å². The molecule has 1 N–H and O–H groups in total. The molecule has 0 aliphatic rings. The van der Waals surface area contributed by atoms with Gasteiger partial charge in [0, 0.05) is 23.3 Å². The number of aromatic nitrogens is 2. The maximum atomic E-state index is 6.25. The van der Waals surface area contributed by atoms with Gasteiger partial charge in [-0.1, -0.05) is 30.1 Å². The molecule has 1 heterocycles. The highest BCUT2D eigenvalue weighted by Gasteiger charge is 2.16. The molecule has 1 atom stereocenters. The number of hydrogen-bond donors (Lipinski definition) is 1. The number of aryl methyl sites for hydroxylation is 1. The van der Waals surface area contributed by atoms with Gasteiger partial charge in [0.15, 0.2) is 0 Å². The summed E-state index contributed by atoms with van der Waals surface area (Å²) in [5.41, 5.74) is 2.07. The second-order valence-corrected chi connectivity index (χ2v) is 5.75. The Morgan fingerprint density at radius 2 is 2.15 bits per heavy atom. The van der Waals surface area contributed by atoms with Crippen molar-refractivity contribution in [3.05, 3.63) is 52.0 Å². The van der Waals surface area contributed by atoms with Crippen LogP contribution in [0.2, 0.25) is 10.0 Å². The van der Waals surface area contributed by atoms with Crippen molar-refractivity contribution in [2.75, 3.05) is 6.54 Å². The van der Waals surface area contributed by atoms with Crippen LogP contribution in [-0.2, 0) is 13.5 Å². The Morgan fingerprint density at radius 1 is 1.35 bits per heavy atom. The Morgan fingerprint density at radius 3 is 2.80 bits per heavy atom. The highest BCUT2D eigenvalue weighted by Crippen LogP contribution is 2.25. The number of imidazole rings is 1. The summed E-state index contributed by atoms with van der Waals surface area (Å²) in [6.07, 6.45) is 5.70. The quantitative estimate of drug-likeness (QED) is 0.873. The van der Waals surface area contributed by atoms with Crippen LogP contribution in [0, 0.1) is 0 Å². The van der Waals surface area contributed by atoms with Crippen LogP contribution in [0.3, 0.4) is 0 Å². The van der Waals surface area contributed by atoms with E-state index < -0.39 is 0 Å². The average molecular weight is 312 g/mol. The minimum Gasteiger partial charge on any atom is -0.340 e. The van der Waals surface area contributed by atoms with E-state index >= 15 is 0 Å². The molecule has 5 heteroatoms. The van der Waals surface area contributed by atoms with E-state index in [1.54, 1.807) is 0 Å². The molecule has 1 unspecified atom stereocenters. The molecule has 0 fully saturated rings. The summed E-state index contributed by atoms with van der Waals surface area (Å²) in [5, 5.41) is 4.97. The third-order valence-corrected chi connectivity index (χ3v) is 3.76. The van der Waals surface area contributed by atoms with Crippen molar-refractivity contribution in [3.8, 4) is 0 Å². The third kappa shape index (κ3) is 3.98. The topological polar surface area (TPSA) is 29.9 Å². The maximum Gasteiger partial charge on any atom is 0.0947 e. The first kappa shape index (κ1) is 15.4. The lowest BCUT2D eigenvalue weighted by atomic mass is 10.0. The number of benzene rings is 1. The molecular formula is C15H19Cl2N3. The van der Waals surface area contributed by atoms with Gasteiger partial charge in [0.25, 0.3) is 0 Å². The van der Waals surface area contributed by atoms with Gasteiger partial charge in [-0.25, -0.2) is 4.98 Å². The lowest BCUT2D eigenvalue weighted by molar-refractivity contribution is 0.519. The van der Waals surface area contributed by atoms with Gasteiger partial charge >= 0.3 is 0 Å². The highest BCUT2D eigenvalue weighted by atomic mass is 35.5. The summed E-state index contributed by atoms with van der Waals surface area (Å²) < 4.78 is 1.95. The smallest absolute Gasteiger partial charge is 0.0947 e. The SMILES string of the molecule is CCCNC(Cc1cc(Cl)ccc1Cl)c1cn(C)cn1. The number of rotatable bonds is 6. The zero-order valence-corrected chi connectivity index (χ0v) is 13.2. The molecule has 0 spiro atoms. The van der Waals surface area contributed by atoms with Crippen LogP contribution < -0.4 is 5.32 Å². The van der Waals surface area contributed by atoms with Crippen LogP contribution >= 0.6 is 23.2 Å². The molecular weight excluding hydrogens is 293 g/mol. The predicted molar refractivity (Wildman–Crippen MR) is 84.4 cm³/mol. The molecule has 0 bridgehead atoms. The van der Waals surface area contributed by atoms with Gasteiger partial charge in [0.1, 0.15) is 0 Å². The largest absolute Gasteiger partial charge is 0.340 e. The molecule has 0 saturated heterocycles. The average Bonchev–Trinajstić information content (AvgIpc) is 2.85. The normalized spacial score (nSPS) is 12.6. The molecule has 0 radical (unpaired) electrons. The number of halogens is 2. The molecule has 20 heavy (non-hydrogen) atoms. The molecule has 1 aromatic heterocycles. The summed E-state index contributed by atoms with van der Waals surface area (Å²) in [6, 6.07) is 5.72. The van der Waals surface area contributed by atoms with Gasteiger partial charge in [-0.05, 0) is 43.1 Å². The van der Waals surface area contributed by atoms with Gasteiger partial charge in [0.2, 0.25) is 0 Å². The van der Waals surface area contributed by atoms with Gasteiger partial charge in [-0.15, -0.1) is 0 Å². The van der Waals surface area contributed by atoms with Gasteiger partial charge in [-0.2, -0.15) is 0 Å². The summed E-state index contributed by atoms with van der Waals surface area (Å²) in [4.78, 5) is 4.44. The van der Waals surface area contributed by atoms with E-state index in [0.29, 0.717) is 5.02 Å². The Kier molecular flexibility index (Phi) is 5.46. The zero-order valence-electron chi connectivity index (χ0n) is 11.7. The molecule has 3 nitrogen and oxygen atoms in total. The van der Waals surface area contributed by atoms with Crippen molar-refractivity contribution in [1.82, 2.24) is 14.9 Å². The first-order chi connectivity index (χ1) is 9.60. The lowest BCUT2D eigenvalue weighted by Crippen LogP contribution is -2.24. The van der Waals surface area contributed by atoms with Crippen molar-refractivity contribution in [1.29, 1.82) is 0 Å². The first-order valence-corrected chi connectivity index (χ1v) is 7.51. The van der Waals surface area contributed by atoms with E-state index in [9.17, 15) is 0 Å².